The van der Waals surface area contributed by atoms with Crippen molar-refractivity contribution in [3.8, 4) is 62.1 Å². The van der Waals surface area contributed by atoms with Crippen molar-refractivity contribution in [1.29, 1.82) is 0 Å². The molecule has 7 aromatic carbocycles. The van der Waals surface area contributed by atoms with Gasteiger partial charge in [0.05, 0.1) is 16.7 Å². The van der Waals surface area contributed by atoms with Crippen LogP contribution in [0, 0.1) is 0 Å². The van der Waals surface area contributed by atoms with Gasteiger partial charge in [-0.05, 0) is 63.7 Å². The minimum atomic E-state index is 0.657. The minimum absolute atomic E-state index is 0.657. The summed E-state index contributed by atoms with van der Waals surface area (Å²) in [5.41, 5.74) is 14.0. The van der Waals surface area contributed by atoms with E-state index < -0.39 is 0 Å². The average molecular weight is 639 g/mol. The zero-order valence-corrected chi connectivity index (χ0v) is 27.2. The second-order valence-corrected chi connectivity index (χ2v) is 12.8. The van der Waals surface area contributed by atoms with Gasteiger partial charge in [-0.3, -0.25) is 0 Å². The molecule has 0 amide bonds. The number of hydrogen-bond donors (Lipinski definition) is 0. The number of rotatable bonds is 5. The van der Waals surface area contributed by atoms with Crippen molar-refractivity contribution in [1.82, 2.24) is 19.5 Å². The van der Waals surface area contributed by atoms with Crippen LogP contribution in [-0.2, 0) is 6.42 Å². The van der Waals surface area contributed by atoms with E-state index in [0.717, 1.165) is 34.2 Å². The molecule has 4 nitrogen and oxygen atoms in total. The highest BCUT2D eigenvalue weighted by Gasteiger charge is 2.25. The Kier molecular flexibility index (Phi) is 6.53. The molecule has 0 radical (unpaired) electrons. The van der Waals surface area contributed by atoms with Crippen LogP contribution in [0.2, 0.25) is 0 Å². The van der Waals surface area contributed by atoms with E-state index in [1.165, 1.54) is 49.7 Å². The standard InChI is InChI=1S/C46H30N4/c1-3-13-30(14-4-1)32-17-11-18-33(27-32)45-47-44(31-15-5-2-6-16-31)48-46(49-45)34-25-26-36-35(28-34)29-40-37(36)21-12-24-43(40)50-41-22-9-7-19-38(41)39-20-8-10-23-42(39)50/h1-28H,29H2. The lowest BCUT2D eigenvalue weighted by Gasteiger charge is -2.13. The summed E-state index contributed by atoms with van der Waals surface area (Å²) in [6.45, 7) is 0. The van der Waals surface area contributed by atoms with E-state index in [1.54, 1.807) is 0 Å². The fourth-order valence-electron chi connectivity index (χ4n) is 7.56. The van der Waals surface area contributed by atoms with Crippen molar-refractivity contribution in [3.63, 3.8) is 0 Å². The summed E-state index contributed by atoms with van der Waals surface area (Å²) in [6, 6.07) is 59.9. The summed E-state index contributed by atoms with van der Waals surface area (Å²) in [7, 11) is 0. The van der Waals surface area contributed by atoms with Crippen LogP contribution in [0.25, 0.3) is 83.9 Å². The number of benzene rings is 7. The van der Waals surface area contributed by atoms with Gasteiger partial charge in [0.25, 0.3) is 0 Å². The predicted octanol–water partition coefficient (Wildman–Crippen LogP) is 11.2. The number of aromatic nitrogens is 4. The quantitative estimate of drug-likeness (QED) is 0.188. The Morgan fingerprint density at radius 2 is 0.920 bits per heavy atom. The van der Waals surface area contributed by atoms with Gasteiger partial charge >= 0.3 is 0 Å². The number of nitrogens with zero attached hydrogens (tertiary/aromatic N) is 4. The van der Waals surface area contributed by atoms with Gasteiger partial charge in [-0.2, -0.15) is 0 Å². The lowest BCUT2D eigenvalue weighted by atomic mass is 10.0. The van der Waals surface area contributed by atoms with Crippen molar-refractivity contribution >= 4 is 21.8 Å². The van der Waals surface area contributed by atoms with E-state index in [-0.39, 0.29) is 0 Å². The first kappa shape index (κ1) is 28.4. The van der Waals surface area contributed by atoms with Crippen LogP contribution in [-0.4, -0.2) is 19.5 Å². The summed E-state index contributed by atoms with van der Waals surface area (Å²) >= 11 is 0. The molecule has 1 aliphatic rings. The Morgan fingerprint density at radius 3 is 1.62 bits per heavy atom. The average Bonchev–Trinajstić information content (AvgIpc) is 3.74. The molecule has 0 atom stereocenters. The van der Waals surface area contributed by atoms with E-state index in [2.05, 4.69) is 150 Å². The van der Waals surface area contributed by atoms with Gasteiger partial charge in [0.2, 0.25) is 0 Å². The maximum Gasteiger partial charge on any atom is 0.164 e. The molecule has 0 bridgehead atoms. The molecule has 50 heavy (non-hydrogen) atoms. The van der Waals surface area contributed by atoms with Gasteiger partial charge in [-0.25, -0.2) is 15.0 Å². The van der Waals surface area contributed by atoms with Crippen LogP contribution in [0.15, 0.2) is 170 Å². The SMILES string of the molecule is c1ccc(-c2cccc(-c3nc(-c4ccccc4)nc(-c4ccc5c(c4)Cc4c-5cccc4-n4c5ccccc5c5ccccc54)n3)c2)cc1. The van der Waals surface area contributed by atoms with Crippen molar-refractivity contribution in [3.05, 3.63) is 181 Å². The molecule has 0 spiro atoms. The monoisotopic (exact) mass is 638 g/mol. The Hall–Kier alpha value is -6.65. The molecule has 10 rings (SSSR count). The molecular formula is C46H30N4. The molecular weight excluding hydrogens is 609 g/mol. The lowest BCUT2D eigenvalue weighted by molar-refractivity contribution is 1.07. The third-order valence-electron chi connectivity index (χ3n) is 9.89. The maximum absolute atomic E-state index is 5.11. The summed E-state index contributed by atoms with van der Waals surface area (Å²) < 4.78 is 2.43. The van der Waals surface area contributed by atoms with Crippen LogP contribution in [0.4, 0.5) is 0 Å². The second-order valence-electron chi connectivity index (χ2n) is 12.8. The molecule has 0 saturated heterocycles. The Labute approximate surface area is 290 Å². The van der Waals surface area contributed by atoms with E-state index >= 15 is 0 Å². The summed E-state index contributed by atoms with van der Waals surface area (Å²) in [5, 5.41) is 2.54. The van der Waals surface area contributed by atoms with Crippen molar-refractivity contribution in [2.45, 2.75) is 6.42 Å². The second kappa shape index (κ2) is 11.5. The third kappa shape index (κ3) is 4.65. The number of para-hydroxylation sites is 2. The smallest absolute Gasteiger partial charge is 0.164 e. The molecule has 0 N–H and O–H groups in total. The van der Waals surface area contributed by atoms with E-state index in [0.29, 0.717) is 17.5 Å². The largest absolute Gasteiger partial charge is 0.309 e. The van der Waals surface area contributed by atoms with Crippen LogP contribution in [0.3, 0.4) is 0 Å². The highest BCUT2D eigenvalue weighted by molar-refractivity contribution is 6.09. The number of fused-ring (bicyclic) bond motifs is 6. The van der Waals surface area contributed by atoms with E-state index in [4.69, 9.17) is 15.0 Å². The molecule has 0 saturated carbocycles. The first-order valence-electron chi connectivity index (χ1n) is 17.0. The summed E-state index contributed by atoms with van der Waals surface area (Å²) in [5.74, 6) is 1.98. The highest BCUT2D eigenvalue weighted by Crippen LogP contribution is 2.43. The minimum Gasteiger partial charge on any atom is -0.309 e. The summed E-state index contributed by atoms with van der Waals surface area (Å²) in [6.07, 6.45) is 0.831. The molecule has 4 heteroatoms. The van der Waals surface area contributed by atoms with E-state index in [1.807, 2.05) is 24.3 Å². The fraction of sp³-hybridized carbons (Fsp3) is 0.0217. The Morgan fingerprint density at radius 1 is 0.380 bits per heavy atom. The molecule has 1 aliphatic carbocycles. The van der Waals surface area contributed by atoms with Gasteiger partial charge < -0.3 is 4.57 Å². The molecule has 9 aromatic rings. The van der Waals surface area contributed by atoms with Gasteiger partial charge in [-0.15, -0.1) is 0 Å². The number of hydrogen-bond acceptors (Lipinski definition) is 3. The highest BCUT2D eigenvalue weighted by atomic mass is 15.0. The van der Waals surface area contributed by atoms with Crippen LogP contribution >= 0.6 is 0 Å². The normalized spacial score (nSPS) is 11.9. The van der Waals surface area contributed by atoms with Gasteiger partial charge in [0, 0.05) is 33.9 Å². The summed E-state index contributed by atoms with van der Waals surface area (Å²) in [4.78, 5) is 15.2. The zero-order valence-electron chi connectivity index (χ0n) is 27.2. The fourth-order valence-corrected chi connectivity index (χ4v) is 7.56. The molecule has 234 valence electrons. The molecule has 0 aliphatic heterocycles. The molecule has 0 unspecified atom stereocenters. The molecule has 0 fully saturated rings. The first-order chi connectivity index (χ1) is 24.8. The van der Waals surface area contributed by atoms with Crippen LogP contribution in [0.5, 0.6) is 0 Å². The van der Waals surface area contributed by atoms with Gasteiger partial charge in [0.1, 0.15) is 0 Å². The Bertz CT molecular complexity index is 2670. The van der Waals surface area contributed by atoms with Crippen molar-refractivity contribution < 1.29 is 0 Å². The van der Waals surface area contributed by atoms with Crippen molar-refractivity contribution in [2.24, 2.45) is 0 Å². The maximum atomic E-state index is 5.11. The lowest BCUT2D eigenvalue weighted by Crippen LogP contribution is -2.00. The Balaban J connectivity index is 1.09. The van der Waals surface area contributed by atoms with E-state index in [9.17, 15) is 0 Å². The predicted molar refractivity (Wildman–Crippen MR) is 204 cm³/mol. The van der Waals surface area contributed by atoms with Crippen LogP contribution < -0.4 is 0 Å². The third-order valence-corrected chi connectivity index (χ3v) is 9.89. The molecule has 2 heterocycles. The van der Waals surface area contributed by atoms with Crippen molar-refractivity contribution in [2.75, 3.05) is 0 Å². The topological polar surface area (TPSA) is 43.6 Å². The zero-order chi connectivity index (χ0) is 33.0. The first-order valence-corrected chi connectivity index (χ1v) is 17.0. The molecule has 2 aromatic heterocycles. The van der Waals surface area contributed by atoms with Gasteiger partial charge in [-0.1, -0.05) is 140 Å². The van der Waals surface area contributed by atoms with Gasteiger partial charge in [0.15, 0.2) is 17.5 Å². The van der Waals surface area contributed by atoms with Crippen LogP contribution in [0.1, 0.15) is 11.1 Å².